The van der Waals surface area contributed by atoms with Crippen LogP contribution >= 0.6 is 27.3 Å². The Balaban J connectivity index is 2.12. The lowest BCUT2D eigenvalue weighted by molar-refractivity contribution is 0.405. The average Bonchev–Trinajstić information content (AvgIpc) is 2.87. The lowest BCUT2D eigenvalue weighted by Gasteiger charge is -2.25. The Morgan fingerprint density at radius 1 is 1.25 bits per heavy atom. The summed E-state index contributed by atoms with van der Waals surface area (Å²) in [6.07, 6.45) is 2.87. The summed E-state index contributed by atoms with van der Waals surface area (Å²) in [4.78, 5) is 4.43. The third-order valence-corrected chi connectivity index (χ3v) is 4.46. The van der Waals surface area contributed by atoms with Crippen LogP contribution in [0.3, 0.4) is 0 Å². The van der Waals surface area contributed by atoms with Gasteiger partial charge in [-0.15, -0.1) is 11.3 Å². The second kappa shape index (κ2) is 6.83. The summed E-state index contributed by atoms with van der Waals surface area (Å²) in [7, 11) is 0. The number of thiazole rings is 1. The second-order valence-electron chi connectivity index (χ2n) is 6.01. The molecule has 1 heterocycles. The van der Waals surface area contributed by atoms with Gasteiger partial charge in [-0.05, 0) is 38.5 Å². The van der Waals surface area contributed by atoms with Gasteiger partial charge in [-0.2, -0.15) is 0 Å². The van der Waals surface area contributed by atoms with E-state index >= 15 is 0 Å². The Morgan fingerprint density at radius 2 is 1.95 bits per heavy atom. The van der Waals surface area contributed by atoms with Gasteiger partial charge in [-0.3, -0.25) is 0 Å². The Morgan fingerprint density at radius 3 is 2.50 bits per heavy atom. The Labute approximate surface area is 133 Å². The molecule has 4 heteroatoms. The highest BCUT2D eigenvalue weighted by Crippen LogP contribution is 2.24. The molecular weight excluding hydrogens is 332 g/mol. The fraction of sp³-hybridized carbons (Fsp3) is 0.438. The minimum absolute atomic E-state index is 0.135. The fourth-order valence-electron chi connectivity index (χ4n) is 2.04. The monoisotopic (exact) mass is 352 g/mol. The molecule has 0 bridgehead atoms. The number of halogens is 1. The minimum atomic E-state index is 0.135. The molecule has 1 atom stereocenters. The molecule has 0 saturated carbocycles. The van der Waals surface area contributed by atoms with Crippen molar-refractivity contribution < 1.29 is 0 Å². The lowest BCUT2D eigenvalue weighted by atomic mass is 9.94. The van der Waals surface area contributed by atoms with Gasteiger partial charge in [0, 0.05) is 40.5 Å². The van der Waals surface area contributed by atoms with Crippen LogP contribution in [0.15, 0.2) is 40.3 Å². The van der Waals surface area contributed by atoms with Crippen molar-refractivity contribution in [2.45, 2.75) is 38.6 Å². The largest absolute Gasteiger partial charge is 0.311 e. The van der Waals surface area contributed by atoms with E-state index in [0.29, 0.717) is 5.92 Å². The Kier molecular flexibility index (Phi) is 5.35. The lowest BCUT2D eigenvalue weighted by Crippen LogP contribution is -2.39. The van der Waals surface area contributed by atoms with Crippen LogP contribution in [0.1, 0.15) is 37.3 Å². The van der Waals surface area contributed by atoms with E-state index in [1.807, 2.05) is 11.6 Å². The summed E-state index contributed by atoms with van der Waals surface area (Å²) in [5.41, 5.74) is 1.50. The number of rotatable bonds is 5. The van der Waals surface area contributed by atoms with E-state index in [4.69, 9.17) is 0 Å². The molecule has 1 N–H and O–H groups in total. The van der Waals surface area contributed by atoms with E-state index in [9.17, 15) is 0 Å². The van der Waals surface area contributed by atoms with Crippen LogP contribution in [0, 0.1) is 0 Å². The molecule has 2 nitrogen and oxygen atoms in total. The van der Waals surface area contributed by atoms with Gasteiger partial charge in [-0.1, -0.05) is 28.1 Å². The predicted molar refractivity (Wildman–Crippen MR) is 90.5 cm³/mol. The Hall–Kier alpha value is -0.710. The van der Waals surface area contributed by atoms with E-state index in [1.54, 1.807) is 11.3 Å². The first-order chi connectivity index (χ1) is 9.44. The molecule has 2 aromatic rings. The zero-order valence-corrected chi connectivity index (χ0v) is 14.6. The van der Waals surface area contributed by atoms with Gasteiger partial charge in [-0.25, -0.2) is 4.98 Å². The summed E-state index contributed by atoms with van der Waals surface area (Å²) >= 11 is 5.23. The SMILES string of the molecule is CC(C)(C)NCC(Cc1nccs1)c1ccc(Br)cc1. The fourth-order valence-corrected chi connectivity index (χ4v) is 3.00. The van der Waals surface area contributed by atoms with E-state index in [-0.39, 0.29) is 5.54 Å². The average molecular weight is 353 g/mol. The second-order valence-corrected chi connectivity index (χ2v) is 7.90. The normalized spacial score (nSPS) is 13.4. The maximum atomic E-state index is 4.43. The summed E-state index contributed by atoms with van der Waals surface area (Å²) < 4.78 is 1.12. The van der Waals surface area contributed by atoms with Crippen LogP contribution in [0.4, 0.5) is 0 Å². The topological polar surface area (TPSA) is 24.9 Å². The molecule has 0 fully saturated rings. The molecule has 1 unspecified atom stereocenters. The standard InChI is InChI=1S/C16H21BrN2S/c1-16(2,3)19-11-13(10-15-18-8-9-20-15)12-4-6-14(17)7-5-12/h4-9,13,19H,10-11H2,1-3H3. The third kappa shape index (κ3) is 5.00. The molecule has 0 amide bonds. The van der Waals surface area contributed by atoms with Crippen molar-refractivity contribution in [1.29, 1.82) is 0 Å². The molecule has 0 aliphatic heterocycles. The molecule has 108 valence electrons. The zero-order valence-electron chi connectivity index (χ0n) is 12.2. The summed E-state index contributed by atoms with van der Waals surface area (Å²) in [5.74, 6) is 0.452. The van der Waals surface area contributed by atoms with Crippen LogP contribution < -0.4 is 5.32 Å². The van der Waals surface area contributed by atoms with E-state index < -0.39 is 0 Å². The number of nitrogens with zero attached hydrogens (tertiary/aromatic N) is 1. The van der Waals surface area contributed by atoms with E-state index in [2.05, 4.69) is 71.3 Å². The predicted octanol–water partition coefficient (Wildman–Crippen LogP) is 4.62. The number of nitrogens with one attached hydrogen (secondary N) is 1. The smallest absolute Gasteiger partial charge is 0.0931 e. The van der Waals surface area contributed by atoms with Crippen LogP contribution in [-0.4, -0.2) is 17.1 Å². The van der Waals surface area contributed by atoms with E-state index in [1.165, 1.54) is 10.6 Å². The number of benzene rings is 1. The van der Waals surface area contributed by atoms with Crippen LogP contribution in [0.25, 0.3) is 0 Å². The molecule has 0 saturated heterocycles. The molecule has 20 heavy (non-hydrogen) atoms. The van der Waals surface area contributed by atoms with Gasteiger partial charge in [0.05, 0.1) is 5.01 Å². The number of aromatic nitrogens is 1. The van der Waals surface area contributed by atoms with Crippen LogP contribution in [0.5, 0.6) is 0 Å². The molecule has 0 aliphatic carbocycles. The maximum Gasteiger partial charge on any atom is 0.0931 e. The van der Waals surface area contributed by atoms with Gasteiger partial charge in [0.1, 0.15) is 0 Å². The quantitative estimate of drug-likeness (QED) is 0.848. The van der Waals surface area contributed by atoms with Crippen molar-refractivity contribution in [3.05, 3.63) is 50.9 Å². The summed E-state index contributed by atoms with van der Waals surface area (Å²) in [5, 5.41) is 6.86. The molecule has 0 spiro atoms. The highest BCUT2D eigenvalue weighted by molar-refractivity contribution is 9.10. The molecular formula is C16H21BrN2S. The highest BCUT2D eigenvalue weighted by Gasteiger charge is 2.17. The molecule has 1 aromatic carbocycles. The van der Waals surface area contributed by atoms with Crippen molar-refractivity contribution in [1.82, 2.24) is 10.3 Å². The van der Waals surface area contributed by atoms with Gasteiger partial charge in [0.15, 0.2) is 0 Å². The van der Waals surface area contributed by atoms with Crippen LogP contribution in [-0.2, 0) is 6.42 Å². The number of hydrogen-bond donors (Lipinski definition) is 1. The third-order valence-electron chi connectivity index (χ3n) is 3.12. The first-order valence-corrected chi connectivity index (χ1v) is 8.50. The van der Waals surface area contributed by atoms with Gasteiger partial charge >= 0.3 is 0 Å². The molecule has 1 aromatic heterocycles. The number of hydrogen-bond acceptors (Lipinski definition) is 3. The van der Waals surface area contributed by atoms with Crippen molar-refractivity contribution in [3.63, 3.8) is 0 Å². The zero-order chi connectivity index (χ0) is 14.6. The van der Waals surface area contributed by atoms with Crippen molar-refractivity contribution in [2.24, 2.45) is 0 Å². The van der Waals surface area contributed by atoms with Crippen molar-refractivity contribution >= 4 is 27.3 Å². The first kappa shape index (κ1) is 15.7. The Bertz CT molecular complexity index is 514. The minimum Gasteiger partial charge on any atom is -0.311 e. The van der Waals surface area contributed by atoms with Gasteiger partial charge in [0.2, 0.25) is 0 Å². The van der Waals surface area contributed by atoms with Gasteiger partial charge < -0.3 is 5.32 Å². The first-order valence-electron chi connectivity index (χ1n) is 6.83. The van der Waals surface area contributed by atoms with Gasteiger partial charge in [0.25, 0.3) is 0 Å². The van der Waals surface area contributed by atoms with E-state index in [0.717, 1.165) is 17.4 Å². The summed E-state index contributed by atoms with van der Waals surface area (Å²) in [6, 6.07) is 8.63. The molecule has 2 rings (SSSR count). The summed E-state index contributed by atoms with van der Waals surface area (Å²) in [6.45, 7) is 7.57. The maximum absolute atomic E-state index is 4.43. The molecule has 0 radical (unpaired) electrons. The van der Waals surface area contributed by atoms with Crippen molar-refractivity contribution in [2.75, 3.05) is 6.54 Å². The highest BCUT2D eigenvalue weighted by atomic mass is 79.9. The van der Waals surface area contributed by atoms with Crippen molar-refractivity contribution in [3.8, 4) is 0 Å². The molecule has 0 aliphatic rings. The van der Waals surface area contributed by atoms with Crippen LogP contribution in [0.2, 0.25) is 0 Å².